The lowest BCUT2D eigenvalue weighted by atomic mass is 10.1. The summed E-state index contributed by atoms with van der Waals surface area (Å²) in [5.74, 6) is 0.281. The summed E-state index contributed by atoms with van der Waals surface area (Å²) >= 11 is 0. The summed E-state index contributed by atoms with van der Waals surface area (Å²) < 4.78 is 15.0. The number of fused-ring (bicyclic) bond motifs is 2. The maximum atomic E-state index is 13.2. The highest BCUT2D eigenvalue weighted by Crippen LogP contribution is 2.38. The molecular formula is C39H45N7O6. The zero-order chi connectivity index (χ0) is 36.9. The van der Waals surface area contributed by atoms with Crippen LogP contribution in [0.4, 0.5) is 17.1 Å². The number of anilines is 2. The number of aliphatic imine (C=N–C) groups is 1. The molecule has 1 saturated heterocycles. The first-order valence-corrected chi connectivity index (χ1v) is 17.6. The fourth-order valence-electron chi connectivity index (χ4n) is 6.67. The molecule has 0 aliphatic carbocycles. The Bertz CT molecular complexity index is 2010. The molecule has 1 fully saturated rings. The van der Waals surface area contributed by atoms with Crippen molar-refractivity contribution in [1.82, 2.24) is 18.9 Å². The molecular weight excluding hydrogens is 662 g/mol. The summed E-state index contributed by atoms with van der Waals surface area (Å²) in [6.07, 6.45) is 7.91. The van der Waals surface area contributed by atoms with Gasteiger partial charge < -0.3 is 39.0 Å². The number of aryl methyl sites for hydroxylation is 2. The lowest BCUT2D eigenvalue weighted by Crippen LogP contribution is -2.35. The number of methoxy groups -OCH3 is 1. The summed E-state index contributed by atoms with van der Waals surface area (Å²) in [6, 6.07) is 14.3. The predicted molar refractivity (Wildman–Crippen MR) is 200 cm³/mol. The monoisotopic (exact) mass is 707 g/mol. The number of hydrogen-bond donors (Lipinski definition) is 2. The van der Waals surface area contributed by atoms with E-state index >= 15 is 0 Å². The molecule has 2 aliphatic heterocycles. The summed E-state index contributed by atoms with van der Waals surface area (Å²) in [4.78, 5) is 60.1. The van der Waals surface area contributed by atoms with Crippen LogP contribution in [-0.2, 0) is 18.9 Å². The van der Waals surface area contributed by atoms with Crippen LogP contribution >= 0.6 is 0 Å². The van der Waals surface area contributed by atoms with Crippen LogP contribution in [0.2, 0.25) is 0 Å². The van der Waals surface area contributed by atoms with E-state index in [-0.39, 0.29) is 42.7 Å². The van der Waals surface area contributed by atoms with E-state index in [1.807, 2.05) is 73.1 Å². The summed E-state index contributed by atoms with van der Waals surface area (Å²) in [5, 5.41) is 5.78. The van der Waals surface area contributed by atoms with Crippen molar-refractivity contribution in [3.8, 4) is 22.6 Å². The van der Waals surface area contributed by atoms with Crippen molar-refractivity contribution in [1.29, 1.82) is 0 Å². The zero-order valence-corrected chi connectivity index (χ0v) is 30.3. The fourth-order valence-corrected chi connectivity index (χ4v) is 6.67. The van der Waals surface area contributed by atoms with Crippen LogP contribution in [0.25, 0.3) is 11.1 Å². The van der Waals surface area contributed by atoms with Crippen LogP contribution in [0.3, 0.4) is 0 Å². The van der Waals surface area contributed by atoms with Gasteiger partial charge in [-0.05, 0) is 69.0 Å². The van der Waals surface area contributed by atoms with Crippen LogP contribution in [0.15, 0.2) is 65.9 Å². The lowest BCUT2D eigenvalue weighted by Gasteiger charge is -2.20. The molecule has 2 N–H and O–H groups in total. The van der Waals surface area contributed by atoms with Crippen molar-refractivity contribution in [2.45, 2.75) is 45.6 Å². The Morgan fingerprint density at radius 2 is 1.65 bits per heavy atom. The fraction of sp³-hybridized carbons (Fsp3) is 0.359. The Labute approximate surface area is 303 Å². The Hall–Kier alpha value is -5.85. The van der Waals surface area contributed by atoms with Gasteiger partial charge >= 0.3 is 0 Å². The lowest BCUT2D eigenvalue weighted by molar-refractivity contribution is -0.116. The van der Waals surface area contributed by atoms with E-state index in [4.69, 9.17) is 9.47 Å². The van der Waals surface area contributed by atoms with Gasteiger partial charge in [-0.25, -0.2) is 0 Å². The topological polar surface area (TPSA) is 140 Å². The number of ether oxygens (including phenoxy) is 2. The smallest absolute Gasteiger partial charge is 0.272 e. The maximum Gasteiger partial charge on any atom is 0.272 e. The second-order valence-corrected chi connectivity index (χ2v) is 13.0. The molecule has 0 bridgehead atoms. The van der Waals surface area contributed by atoms with Gasteiger partial charge in [-0.3, -0.25) is 24.2 Å². The van der Waals surface area contributed by atoms with Crippen molar-refractivity contribution in [2.75, 3.05) is 44.0 Å². The molecule has 13 nitrogen and oxygen atoms in total. The third kappa shape index (κ3) is 7.58. The molecule has 2 aliphatic rings. The summed E-state index contributed by atoms with van der Waals surface area (Å²) in [7, 11) is 5.12. The predicted octanol–water partition coefficient (Wildman–Crippen LogP) is 5.89. The number of carbonyl (C=O) groups excluding carboxylic acids is 4. The molecule has 272 valence electrons. The van der Waals surface area contributed by atoms with Crippen molar-refractivity contribution in [2.24, 2.45) is 19.1 Å². The minimum absolute atomic E-state index is 0.00835. The first kappa shape index (κ1) is 36.0. The zero-order valence-electron chi connectivity index (χ0n) is 30.3. The number of nitrogens with zero attached hydrogens (tertiary/aromatic N) is 5. The molecule has 4 aromatic rings. The number of amides is 4. The van der Waals surface area contributed by atoms with Gasteiger partial charge in [-0.15, -0.1) is 0 Å². The molecule has 52 heavy (non-hydrogen) atoms. The van der Waals surface area contributed by atoms with Crippen molar-refractivity contribution < 1.29 is 28.7 Å². The Morgan fingerprint density at radius 3 is 2.38 bits per heavy atom. The molecule has 13 heteroatoms. The van der Waals surface area contributed by atoms with Gasteiger partial charge in [0.15, 0.2) is 11.5 Å². The number of carbonyl (C=O) groups is 4. The van der Waals surface area contributed by atoms with Crippen LogP contribution in [0.1, 0.15) is 70.9 Å². The molecule has 0 saturated carbocycles. The Morgan fingerprint density at radius 1 is 0.904 bits per heavy atom. The molecule has 2 aromatic carbocycles. The average Bonchev–Trinajstić information content (AvgIpc) is 3.85. The van der Waals surface area contributed by atoms with Gasteiger partial charge in [0.2, 0.25) is 5.91 Å². The molecule has 1 atom stereocenters. The normalized spacial score (nSPS) is 14.8. The third-order valence-electron chi connectivity index (χ3n) is 9.54. The van der Waals surface area contributed by atoms with Crippen LogP contribution in [0.5, 0.6) is 11.5 Å². The van der Waals surface area contributed by atoms with E-state index in [1.54, 1.807) is 40.9 Å². The third-order valence-corrected chi connectivity index (χ3v) is 9.54. The number of rotatable bonds is 13. The first-order valence-electron chi connectivity index (χ1n) is 17.6. The number of hydrogen-bond acceptors (Lipinski definition) is 7. The second kappa shape index (κ2) is 15.6. The van der Waals surface area contributed by atoms with Crippen molar-refractivity contribution >= 4 is 46.9 Å². The Balaban J connectivity index is 1.00. The number of nitrogens with one attached hydrogen (secondary N) is 2. The summed E-state index contributed by atoms with van der Waals surface area (Å²) in [5.41, 5.74) is 4.97. The minimum atomic E-state index is -0.322. The number of benzene rings is 2. The molecule has 2 aromatic heterocycles. The van der Waals surface area contributed by atoms with Crippen molar-refractivity contribution in [3.63, 3.8) is 0 Å². The van der Waals surface area contributed by atoms with E-state index < -0.39 is 0 Å². The SMILES string of the molecule is CCN(CC)C(=O)c1cc(-c2ccc(NC(=O)c3cc(NC(=O)CCCOc4cc5c(cc4OC)C(=O)N4CCCC4C=N5)cn3C)cc2)cn1C. The molecule has 0 radical (unpaired) electrons. The minimum Gasteiger partial charge on any atom is -0.493 e. The highest BCUT2D eigenvalue weighted by atomic mass is 16.5. The van der Waals surface area contributed by atoms with Gasteiger partial charge in [-0.2, -0.15) is 0 Å². The summed E-state index contributed by atoms with van der Waals surface area (Å²) in [6.45, 7) is 6.17. The van der Waals surface area contributed by atoms with Gasteiger partial charge in [-0.1, -0.05) is 12.1 Å². The van der Waals surface area contributed by atoms with Crippen LogP contribution < -0.4 is 20.1 Å². The molecule has 4 amide bonds. The highest BCUT2D eigenvalue weighted by molar-refractivity contribution is 6.05. The van der Waals surface area contributed by atoms with E-state index in [9.17, 15) is 19.2 Å². The first-order chi connectivity index (χ1) is 25.1. The van der Waals surface area contributed by atoms with Crippen molar-refractivity contribution in [3.05, 3.63) is 77.9 Å². The van der Waals surface area contributed by atoms with E-state index in [1.165, 1.54) is 7.11 Å². The van der Waals surface area contributed by atoms with Crippen LogP contribution in [0, 0.1) is 0 Å². The standard InChI is InChI=1S/C39H45N7O6/c1-6-45(7-2)39(50)33-18-26(23-43(33)3)25-12-14-27(15-13-25)42-37(48)32-19-28(24-44(32)4)41-36(47)11-9-17-52-35-21-31-30(20-34(35)51-5)38(49)46-16-8-10-29(46)22-40-31/h12-15,18-24,29H,6-11,16-17H2,1-5H3,(H,41,47)(H,42,48). The van der Waals surface area contributed by atoms with Gasteiger partial charge in [0.1, 0.15) is 11.4 Å². The maximum absolute atomic E-state index is 13.2. The largest absolute Gasteiger partial charge is 0.493 e. The average molecular weight is 708 g/mol. The van der Waals surface area contributed by atoms with E-state index in [0.29, 0.717) is 71.6 Å². The highest BCUT2D eigenvalue weighted by Gasteiger charge is 2.32. The van der Waals surface area contributed by atoms with E-state index in [2.05, 4.69) is 15.6 Å². The van der Waals surface area contributed by atoms with Gasteiger partial charge in [0, 0.05) is 76.1 Å². The Kier molecular flexibility index (Phi) is 10.8. The quantitative estimate of drug-likeness (QED) is 0.166. The van der Waals surface area contributed by atoms with E-state index in [0.717, 1.165) is 24.0 Å². The second-order valence-electron chi connectivity index (χ2n) is 13.0. The number of aromatic nitrogens is 2. The van der Waals surface area contributed by atoms with Gasteiger partial charge in [0.05, 0.1) is 36.7 Å². The molecule has 0 spiro atoms. The molecule has 6 rings (SSSR count). The molecule has 4 heterocycles. The van der Waals surface area contributed by atoms with Crippen LogP contribution in [-0.4, -0.2) is 88.2 Å². The van der Waals surface area contributed by atoms with Gasteiger partial charge in [0.25, 0.3) is 17.7 Å². The molecule has 1 unspecified atom stereocenters.